The second kappa shape index (κ2) is 4.44. The van der Waals surface area contributed by atoms with Crippen LogP contribution in [0.5, 0.6) is 0 Å². The first-order valence-corrected chi connectivity index (χ1v) is 7.45. The molecule has 4 saturated heterocycles. The van der Waals surface area contributed by atoms with Gasteiger partial charge in [0.05, 0.1) is 5.60 Å². The van der Waals surface area contributed by atoms with Gasteiger partial charge in [-0.15, -0.1) is 0 Å². The number of piperidine rings is 2. The molecule has 4 aliphatic heterocycles. The standard InChI is InChI=1S/C14H27N3O/c1-3-4-13-10-16-5-6-17(11-13)8-12(7-16)14(13,18)9-15-2/h12,15,18H,3-11H2,1-2H3. The molecule has 0 amide bonds. The second-order valence-electron chi connectivity index (χ2n) is 6.65. The van der Waals surface area contributed by atoms with Gasteiger partial charge in [0, 0.05) is 57.1 Å². The zero-order valence-electron chi connectivity index (χ0n) is 11.8. The zero-order chi connectivity index (χ0) is 12.8. The first-order valence-electron chi connectivity index (χ1n) is 7.45. The van der Waals surface area contributed by atoms with E-state index in [0.29, 0.717) is 5.92 Å². The van der Waals surface area contributed by atoms with E-state index in [1.54, 1.807) is 0 Å². The fourth-order valence-electron chi connectivity index (χ4n) is 4.80. The van der Waals surface area contributed by atoms with E-state index < -0.39 is 5.60 Å². The Morgan fingerprint density at radius 1 is 1.22 bits per heavy atom. The molecule has 3 atom stereocenters. The highest BCUT2D eigenvalue weighted by Crippen LogP contribution is 2.50. The average Bonchev–Trinajstić information content (AvgIpc) is 2.56. The van der Waals surface area contributed by atoms with Crippen molar-refractivity contribution in [2.75, 3.05) is 52.9 Å². The lowest BCUT2D eigenvalue weighted by atomic mass is 9.58. The van der Waals surface area contributed by atoms with E-state index in [9.17, 15) is 5.11 Å². The number of aliphatic hydroxyl groups is 1. The molecule has 104 valence electrons. The summed E-state index contributed by atoms with van der Waals surface area (Å²) in [5.41, 5.74) is -0.419. The van der Waals surface area contributed by atoms with Gasteiger partial charge in [-0.3, -0.25) is 0 Å². The van der Waals surface area contributed by atoms with Crippen molar-refractivity contribution in [3.05, 3.63) is 0 Å². The van der Waals surface area contributed by atoms with E-state index in [4.69, 9.17) is 0 Å². The van der Waals surface area contributed by atoms with Gasteiger partial charge in [-0.1, -0.05) is 13.3 Å². The van der Waals surface area contributed by atoms with Crippen LogP contribution in [0.4, 0.5) is 0 Å². The highest BCUT2D eigenvalue weighted by Gasteiger charge is 2.61. The summed E-state index contributed by atoms with van der Waals surface area (Å²) in [5, 5.41) is 14.6. The molecule has 0 aromatic rings. The van der Waals surface area contributed by atoms with Crippen LogP contribution < -0.4 is 5.32 Å². The topological polar surface area (TPSA) is 38.7 Å². The van der Waals surface area contributed by atoms with Crippen molar-refractivity contribution in [2.45, 2.75) is 25.4 Å². The van der Waals surface area contributed by atoms with Crippen LogP contribution in [0.3, 0.4) is 0 Å². The van der Waals surface area contributed by atoms with Gasteiger partial charge < -0.3 is 20.2 Å². The minimum absolute atomic E-state index is 0.0857. The molecule has 3 unspecified atom stereocenters. The molecule has 4 bridgehead atoms. The fourth-order valence-corrected chi connectivity index (χ4v) is 4.80. The summed E-state index contributed by atoms with van der Waals surface area (Å²) >= 11 is 0. The summed E-state index contributed by atoms with van der Waals surface area (Å²) in [6.45, 7) is 9.73. The summed E-state index contributed by atoms with van der Waals surface area (Å²) in [7, 11) is 1.97. The lowest BCUT2D eigenvalue weighted by Gasteiger charge is -2.61. The van der Waals surface area contributed by atoms with Crippen molar-refractivity contribution < 1.29 is 5.11 Å². The zero-order valence-corrected chi connectivity index (χ0v) is 11.8. The Bertz CT molecular complexity index is 306. The third-order valence-corrected chi connectivity index (χ3v) is 5.51. The van der Waals surface area contributed by atoms with Crippen LogP contribution in [-0.2, 0) is 0 Å². The molecular formula is C14H27N3O. The molecule has 0 spiro atoms. The Morgan fingerprint density at radius 3 is 2.33 bits per heavy atom. The molecule has 0 aromatic carbocycles. The van der Waals surface area contributed by atoms with E-state index in [-0.39, 0.29) is 5.41 Å². The van der Waals surface area contributed by atoms with E-state index in [0.717, 1.165) is 39.1 Å². The number of hydrogen-bond acceptors (Lipinski definition) is 4. The predicted molar refractivity (Wildman–Crippen MR) is 72.6 cm³/mol. The normalized spacial score (nSPS) is 50.5. The quantitative estimate of drug-likeness (QED) is 0.739. The smallest absolute Gasteiger partial charge is 0.0904 e. The molecule has 4 heterocycles. The molecule has 4 nitrogen and oxygen atoms in total. The molecule has 4 aliphatic rings. The number of hydrogen-bond donors (Lipinski definition) is 2. The summed E-state index contributed by atoms with van der Waals surface area (Å²) in [5.74, 6) is 0.418. The number of nitrogens with one attached hydrogen (secondary N) is 1. The lowest BCUT2D eigenvalue weighted by molar-refractivity contribution is -0.198. The van der Waals surface area contributed by atoms with Gasteiger partial charge in [-0.25, -0.2) is 0 Å². The fraction of sp³-hybridized carbons (Fsp3) is 1.00. The molecule has 0 aromatic heterocycles. The van der Waals surface area contributed by atoms with Crippen LogP contribution in [0.25, 0.3) is 0 Å². The maximum atomic E-state index is 11.4. The van der Waals surface area contributed by atoms with E-state index in [1.807, 2.05) is 7.05 Å². The number of nitrogens with zero attached hydrogens (tertiary/aromatic N) is 2. The van der Waals surface area contributed by atoms with Crippen LogP contribution in [-0.4, -0.2) is 73.4 Å². The van der Waals surface area contributed by atoms with Crippen LogP contribution in [0, 0.1) is 11.3 Å². The van der Waals surface area contributed by atoms with Gasteiger partial charge in [-0.2, -0.15) is 0 Å². The molecule has 0 saturated carbocycles. The summed E-state index contributed by atoms with van der Waals surface area (Å²) in [6.07, 6.45) is 2.31. The monoisotopic (exact) mass is 253 g/mol. The van der Waals surface area contributed by atoms with Gasteiger partial charge in [0.1, 0.15) is 0 Å². The van der Waals surface area contributed by atoms with Crippen molar-refractivity contribution in [1.29, 1.82) is 0 Å². The molecule has 0 aliphatic carbocycles. The van der Waals surface area contributed by atoms with Gasteiger partial charge in [0.25, 0.3) is 0 Å². The van der Waals surface area contributed by atoms with Crippen molar-refractivity contribution in [3.63, 3.8) is 0 Å². The molecule has 0 radical (unpaired) electrons. The minimum atomic E-state index is -0.505. The van der Waals surface area contributed by atoms with Gasteiger partial charge in [0.15, 0.2) is 0 Å². The van der Waals surface area contributed by atoms with Gasteiger partial charge in [0.2, 0.25) is 0 Å². The van der Waals surface area contributed by atoms with Crippen LogP contribution in [0.1, 0.15) is 19.8 Å². The Labute approximate surface area is 110 Å². The highest BCUT2D eigenvalue weighted by atomic mass is 16.3. The van der Waals surface area contributed by atoms with Crippen LogP contribution in [0.15, 0.2) is 0 Å². The Morgan fingerprint density at radius 2 is 1.83 bits per heavy atom. The van der Waals surface area contributed by atoms with Gasteiger partial charge >= 0.3 is 0 Å². The average molecular weight is 253 g/mol. The predicted octanol–water partition coefficient (Wildman–Crippen LogP) is -0.0156. The van der Waals surface area contributed by atoms with Gasteiger partial charge in [-0.05, 0) is 13.5 Å². The third kappa shape index (κ3) is 1.66. The van der Waals surface area contributed by atoms with E-state index in [1.165, 1.54) is 19.5 Å². The summed E-state index contributed by atoms with van der Waals surface area (Å²) < 4.78 is 0. The first-order chi connectivity index (χ1) is 8.63. The Hall–Kier alpha value is -0.160. The summed E-state index contributed by atoms with van der Waals surface area (Å²) in [6, 6.07) is 0. The molecule has 4 rings (SSSR count). The summed E-state index contributed by atoms with van der Waals surface area (Å²) in [4.78, 5) is 5.19. The van der Waals surface area contributed by atoms with E-state index in [2.05, 4.69) is 22.0 Å². The largest absolute Gasteiger partial charge is 0.387 e. The van der Waals surface area contributed by atoms with Crippen molar-refractivity contribution in [3.8, 4) is 0 Å². The second-order valence-corrected chi connectivity index (χ2v) is 6.65. The molecule has 2 N–H and O–H groups in total. The number of fused-ring (bicyclic) bond motifs is 1. The van der Waals surface area contributed by atoms with E-state index >= 15 is 0 Å². The maximum absolute atomic E-state index is 11.4. The van der Waals surface area contributed by atoms with Crippen LogP contribution >= 0.6 is 0 Å². The van der Waals surface area contributed by atoms with Crippen molar-refractivity contribution in [1.82, 2.24) is 15.1 Å². The van der Waals surface area contributed by atoms with Crippen molar-refractivity contribution in [2.24, 2.45) is 11.3 Å². The number of likely N-dealkylation sites (N-methyl/N-ethyl adjacent to an activating group) is 1. The molecule has 18 heavy (non-hydrogen) atoms. The maximum Gasteiger partial charge on any atom is 0.0904 e. The first kappa shape index (κ1) is 12.9. The van der Waals surface area contributed by atoms with Crippen LogP contribution in [0.2, 0.25) is 0 Å². The third-order valence-electron chi connectivity index (χ3n) is 5.51. The lowest BCUT2D eigenvalue weighted by Crippen LogP contribution is -2.73. The SMILES string of the molecule is CCCC12CN3CCN(CC(C3)C1(O)CNC)C2. The Balaban J connectivity index is 1.98. The minimum Gasteiger partial charge on any atom is -0.387 e. The van der Waals surface area contributed by atoms with Crippen molar-refractivity contribution >= 4 is 0 Å². The molecule has 4 heteroatoms. The molecular weight excluding hydrogens is 226 g/mol. The highest BCUT2D eigenvalue weighted by molar-refractivity contribution is 5.15. The number of rotatable bonds is 4. The Kier molecular flexibility index (Phi) is 3.17. The molecule has 4 fully saturated rings.